The second kappa shape index (κ2) is 6.35. The number of rotatable bonds is 4. The van der Waals surface area contributed by atoms with Crippen LogP contribution in [-0.4, -0.2) is 83.4 Å². The van der Waals surface area contributed by atoms with E-state index in [0.717, 1.165) is 25.9 Å². The van der Waals surface area contributed by atoms with Gasteiger partial charge in [-0.2, -0.15) is 0 Å². The number of nitrogens with zero attached hydrogens (tertiary/aromatic N) is 3. The lowest BCUT2D eigenvalue weighted by Crippen LogP contribution is -2.52. The quantitative estimate of drug-likeness (QED) is 0.787. The van der Waals surface area contributed by atoms with Gasteiger partial charge in [-0.3, -0.25) is 19.3 Å². The molecule has 2 heterocycles. The van der Waals surface area contributed by atoms with Crippen LogP contribution >= 0.6 is 0 Å². The topological polar surface area (TPSA) is 81.2 Å². The van der Waals surface area contributed by atoms with E-state index in [1.165, 1.54) is 0 Å². The molecule has 134 valence electrons. The smallest absolute Gasteiger partial charge is 0.307 e. The van der Waals surface area contributed by atoms with Crippen LogP contribution in [-0.2, 0) is 14.4 Å². The zero-order valence-corrected chi connectivity index (χ0v) is 14.5. The van der Waals surface area contributed by atoms with E-state index >= 15 is 0 Å². The zero-order valence-electron chi connectivity index (χ0n) is 14.5. The molecule has 2 saturated heterocycles. The van der Waals surface area contributed by atoms with Crippen molar-refractivity contribution < 1.29 is 19.5 Å². The van der Waals surface area contributed by atoms with Crippen molar-refractivity contribution in [1.82, 2.24) is 14.7 Å². The molecule has 0 radical (unpaired) electrons. The Labute approximate surface area is 142 Å². The standard InChI is InChI=1S/C17H27N3O4/c1-17(2)13(14(17)16(23)24)15(22)20-9-7-18(8-10-20)11-12(21)19-5-3-4-6-19/h13-14H,3-11H2,1-2H3,(H,23,24). The van der Waals surface area contributed by atoms with Gasteiger partial charge in [0, 0.05) is 39.3 Å². The molecule has 2 aliphatic heterocycles. The van der Waals surface area contributed by atoms with E-state index in [4.69, 9.17) is 0 Å². The number of carboxylic acid groups (broad SMARTS) is 1. The van der Waals surface area contributed by atoms with E-state index in [1.807, 2.05) is 18.7 Å². The van der Waals surface area contributed by atoms with Crippen molar-refractivity contribution in [3.63, 3.8) is 0 Å². The van der Waals surface area contributed by atoms with Gasteiger partial charge in [0.25, 0.3) is 0 Å². The van der Waals surface area contributed by atoms with E-state index in [9.17, 15) is 19.5 Å². The molecule has 0 aromatic heterocycles. The molecular weight excluding hydrogens is 310 g/mol. The molecule has 7 nitrogen and oxygen atoms in total. The molecule has 3 fully saturated rings. The van der Waals surface area contributed by atoms with Gasteiger partial charge in [0.15, 0.2) is 0 Å². The molecule has 0 bridgehead atoms. The second-order valence-corrected chi connectivity index (χ2v) is 7.80. The van der Waals surface area contributed by atoms with E-state index in [1.54, 1.807) is 4.90 Å². The van der Waals surface area contributed by atoms with Crippen molar-refractivity contribution in [2.24, 2.45) is 17.3 Å². The molecule has 2 amide bonds. The average molecular weight is 337 g/mol. The fourth-order valence-electron chi connectivity index (χ4n) is 4.14. The number of carboxylic acids is 1. The highest BCUT2D eigenvalue weighted by atomic mass is 16.4. The summed E-state index contributed by atoms with van der Waals surface area (Å²) >= 11 is 0. The number of hydrogen-bond acceptors (Lipinski definition) is 4. The molecule has 3 rings (SSSR count). The summed E-state index contributed by atoms with van der Waals surface area (Å²) in [7, 11) is 0. The van der Waals surface area contributed by atoms with Gasteiger partial charge in [0.1, 0.15) is 0 Å². The molecule has 1 saturated carbocycles. The predicted molar refractivity (Wildman–Crippen MR) is 87.2 cm³/mol. The van der Waals surface area contributed by atoms with Crippen LogP contribution in [0, 0.1) is 17.3 Å². The Hall–Kier alpha value is -1.63. The molecular formula is C17H27N3O4. The average Bonchev–Trinajstić information content (AvgIpc) is 2.91. The lowest BCUT2D eigenvalue weighted by Gasteiger charge is -2.35. The highest BCUT2D eigenvalue weighted by Gasteiger charge is 2.66. The minimum atomic E-state index is -0.881. The summed E-state index contributed by atoms with van der Waals surface area (Å²) in [6.07, 6.45) is 2.19. The number of carbonyl (C=O) groups excluding carboxylic acids is 2. The fraction of sp³-hybridized carbons (Fsp3) is 0.824. The highest BCUT2D eigenvalue weighted by Crippen LogP contribution is 2.59. The van der Waals surface area contributed by atoms with Crippen molar-refractivity contribution in [3.8, 4) is 0 Å². The summed E-state index contributed by atoms with van der Waals surface area (Å²) in [5, 5.41) is 9.23. The number of carbonyl (C=O) groups is 3. The first-order chi connectivity index (χ1) is 11.3. The van der Waals surface area contributed by atoms with Gasteiger partial charge in [-0.25, -0.2) is 0 Å². The van der Waals surface area contributed by atoms with Crippen molar-refractivity contribution >= 4 is 17.8 Å². The molecule has 2 unspecified atom stereocenters. The lowest BCUT2D eigenvalue weighted by atomic mass is 10.1. The summed E-state index contributed by atoms with van der Waals surface area (Å²) in [4.78, 5) is 41.8. The zero-order chi connectivity index (χ0) is 17.5. The molecule has 1 N–H and O–H groups in total. The summed E-state index contributed by atoms with van der Waals surface area (Å²) in [6, 6.07) is 0. The number of piperazine rings is 1. The fourth-order valence-corrected chi connectivity index (χ4v) is 4.14. The maximum Gasteiger partial charge on any atom is 0.307 e. The third kappa shape index (κ3) is 3.14. The van der Waals surface area contributed by atoms with Crippen molar-refractivity contribution in [1.29, 1.82) is 0 Å². The van der Waals surface area contributed by atoms with Gasteiger partial charge in [0.05, 0.1) is 18.4 Å². The van der Waals surface area contributed by atoms with Crippen molar-refractivity contribution in [3.05, 3.63) is 0 Å². The largest absolute Gasteiger partial charge is 0.481 e. The minimum Gasteiger partial charge on any atom is -0.481 e. The maximum atomic E-state index is 12.6. The van der Waals surface area contributed by atoms with Gasteiger partial charge in [0.2, 0.25) is 11.8 Å². The first-order valence-electron chi connectivity index (χ1n) is 8.84. The Balaban J connectivity index is 1.48. The Morgan fingerprint density at radius 2 is 1.50 bits per heavy atom. The van der Waals surface area contributed by atoms with Crippen LogP contribution in [0.3, 0.4) is 0 Å². The highest BCUT2D eigenvalue weighted by molar-refractivity contribution is 5.91. The molecule has 1 aliphatic carbocycles. The van der Waals surface area contributed by atoms with Crippen LogP contribution in [0.25, 0.3) is 0 Å². The minimum absolute atomic E-state index is 0.0436. The van der Waals surface area contributed by atoms with Crippen LogP contribution < -0.4 is 0 Å². The molecule has 0 aromatic carbocycles. The third-order valence-electron chi connectivity index (χ3n) is 5.86. The normalized spacial score (nSPS) is 29.6. The Bertz CT molecular complexity index is 534. The third-order valence-corrected chi connectivity index (χ3v) is 5.86. The van der Waals surface area contributed by atoms with Gasteiger partial charge in [-0.15, -0.1) is 0 Å². The molecule has 0 aromatic rings. The van der Waals surface area contributed by atoms with Gasteiger partial charge in [-0.1, -0.05) is 13.8 Å². The predicted octanol–water partition coefficient (Wildman–Crippen LogP) is 0.110. The molecule has 7 heteroatoms. The van der Waals surface area contributed by atoms with E-state index in [-0.39, 0.29) is 11.8 Å². The summed E-state index contributed by atoms with van der Waals surface area (Å²) < 4.78 is 0. The van der Waals surface area contributed by atoms with E-state index in [0.29, 0.717) is 32.7 Å². The molecule has 2 atom stereocenters. The second-order valence-electron chi connectivity index (χ2n) is 7.80. The van der Waals surface area contributed by atoms with E-state index < -0.39 is 23.2 Å². The Morgan fingerprint density at radius 3 is 2.00 bits per heavy atom. The summed E-state index contributed by atoms with van der Waals surface area (Å²) in [5.74, 6) is -1.72. The van der Waals surface area contributed by atoms with Gasteiger partial charge >= 0.3 is 5.97 Å². The first-order valence-corrected chi connectivity index (χ1v) is 8.84. The van der Waals surface area contributed by atoms with Crippen LogP contribution in [0.1, 0.15) is 26.7 Å². The summed E-state index contributed by atoms with van der Waals surface area (Å²) in [5.41, 5.74) is -0.453. The van der Waals surface area contributed by atoms with Crippen LogP contribution in [0.5, 0.6) is 0 Å². The van der Waals surface area contributed by atoms with Crippen LogP contribution in [0.4, 0.5) is 0 Å². The number of aliphatic carboxylic acids is 1. The van der Waals surface area contributed by atoms with Crippen molar-refractivity contribution in [2.45, 2.75) is 26.7 Å². The van der Waals surface area contributed by atoms with Crippen LogP contribution in [0.2, 0.25) is 0 Å². The molecule has 0 spiro atoms. The monoisotopic (exact) mass is 337 g/mol. The Kier molecular flexibility index (Phi) is 4.55. The number of hydrogen-bond donors (Lipinski definition) is 1. The lowest BCUT2D eigenvalue weighted by molar-refractivity contribution is -0.143. The molecule has 3 aliphatic rings. The van der Waals surface area contributed by atoms with Gasteiger partial charge in [-0.05, 0) is 18.3 Å². The van der Waals surface area contributed by atoms with Crippen molar-refractivity contribution in [2.75, 3.05) is 45.8 Å². The Morgan fingerprint density at radius 1 is 0.917 bits per heavy atom. The maximum absolute atomic E-state index is 12.6. The first kappa shape index (κ1) is 17.2. The number of amides is 2. The van der Waals surface area contributed by atoms with Crippen LogP contribution in [0.15, 0.2) is 0 Å². The summed E-state index contributed by atoms with van der Waals surface area (Å²) in [6.45, 7) is 8.35. The number of likely N-dealkylation sites (tertiary alicyclic amines) is 1. The van der Waals surface area contributed by atoms with E-state index in [2.05, 4.69) is 4.90 Å². The SMILES string of the molecule is CC1(C)C(C(=O)O)C1C(=O)N1CCN(CC(=O)N2CCCC2)CC1. The van der Waals surface area contributed by atoms with Gasteiger partial charge < -0.3 is 14.9 Å². The molecule has 24 heavy (non-hydrogen) atoms.